The minimum atomic E-state index is -0.998. The molecule has 4 heteroatoms. The van der Waals surface area contributed by atoms with Gasteiger partial charge >= 0.3 is 5.97 Å². The number of rotatable bonds is 5. The zero-order chi connectivity index (χ0) is 12.8. The van der Waals surface area contributed by atoms with Crippen LogP contribution in [-0.2, 0) is 4.79 Å². The maximum Gasteiger partial charge on any atom is 0.328 e. The Morgan fingerprint density at radius 2 is 2.29 bits per heavy atom. The zero-order valence-corrected chi connectivity index (χ0v) is 10.3. The molecule has 0 aromatic heterocycles. The Bertz CT molecular complexity index is 455. The topological polar surface area (TPSA) is 40.5 Å². The van der Waals surface area contributed by atoms with E-state index in [1.165, 1.54) is 6.08 Å². The van der Waals surface area contributed by atoms with Crippen molar-refractivity contribution in [2.24, 2.45) is 0 Å². The highest BCUT2D eigenvalue weighted by Crippen LogP contribution is 2.28. The second-order valence-electron chi connectivity index (χ2n) is 3.51. The number of likely N-dealkylation sites (N-methyl/N-ethyl adjacent to an activating group) is 1. The van der Waals surface area contributed by atoms with Gasteiger partial charge in [0.1, 0.15) is 0 Å². The number of benzene rings is 1. The van der Waals surface area contributed by atoms with Gasteiger partial charge in [-0.1, -0.05) is 23.7 Å². The van der Waals surface area contributed by atoms with Crippen molar-refractivity contribution in [1.82, 2.24) is 0 Å². The van der Waals surface area contributed by atoms with Crippen molar-refractivity contribution in [3.05, 3.63) is 47.5 Å². The third kappa shape index (κ3) is 3.64. The number of carboxylic acids is 1. The first-order valence-corrected chi connectivity index (χ1v) is 5.45. The second-order valence-corrected chi connectivity index (χ2v) is 3.92. The summed E-state index contributed by atoms with van der Waals surface area (Å²) in [6.07, 6.45) is 4.34. The van der Waals surface area contributed by atoms with E-state index >= 15 is 0 Å². The van der Waals surface area contributed by atoms with Crippen LogP contribution in [0.25, 0.3) is 6.08 Å². The summed E-state index contributed by atoms with van der Waals surface area (Å²) >= 11 is 6.06. The van der Waals surface area contributed by atoms with Gasteiger partial charge in [0.2, 0.25) is 0 Å². The standard InChI is InChI=1S/C13H14ClNO2/c1-3-9-15(2)12-6-4-5-11(14)10(12)7-8-13(16)17/h3-8H,1,9H2,2H3,(H,16,17)/b8-7+. The molecule has 1 aromatic carbocycles. The van der Waals surface area contributed by atoms with Crippen molar-refractivity contribution in [1.29, 1.82) is 0 Å². The third-order valence-corrected chi connectivity index (χ3v) is 2.57. The number of carboxylic acid groups (broad SMARTS) is 1. The summed E-state index contributed by atoms with van der Waals surface area (Å²) in [6.45, 7) is 4.33. The average Bonchev–Trinajstić information content (AvgIpc) is 2.27. The van der Waals surface area contributed by atoms with E-state index in [0.717, 1.165) is 11.8 Å². The van der Waals surface area contributed by atoms with Gasteiger partial charge in [0, 0.05) is 35.9 Å². The van der Waals surface area contributed by atoms with Gasteiger partial charge < -0.3 is 10.0 Å². The van der Waals surface area contributed by atoms with Crippen molar-refractivity contribution < 1.29 is 9.90 Å². The SMILES string of the molecule is C=CCN(C)c1cccc(Cl)c1/C=C/C(=O)O. The molecule has 1 aromatic rings. The van der Waals surface area contributed by atoms with Crippen molar-refractivity contribution >= 4 is 29.3 Å². The lowest BCUT2D eigenvalue weighted by atomic mass is 10.1. The van der Waals surface area contributed by atoms with Crippen LogP contribution < -0.4 is 4.90 Å². The fraction of sp³-hybridized carbons (Fsp3) is 0.154. The van der Waals surface area contributed by atoms with Crippen LogP contribution in [0.4, 0.5) is 5.69 Å². The van der Waals surface area contributed by atoms with Gasteiger partial charge in [-0.2, -0.15) is 0 Å². The number of aliphatic carboxylic acids is 1. The van der Waals surface area contributed by atoms with Gasteiger partial charge in [0.25, 0.3) is 0 Å². The van der Waals surface area contributed by atoms with Crippen LogP contribution in [0, 0.1) is 0 Å². The molecule has 0 unspecified atom stereocenters. The number of anilines is 1. The molecule has 3 nitrogen and oxygen atoms in total. The Morgan fingerprint density at radius 1 is 1.59 bits per heavy atom. The molecular formula is C13H14ClNO2. The monoisotopic (exact) mass is 251 g/mol. The molecule has 1 rings (SSSR count). The molecule has 0 amide bonds. The predicted molar refractivity (Wildman–Crippen MR) is 71.6 cm³/mol. The molecule has 0 aliphatic rings. The average molecular weight is 252 g/mol. The lowest BCUT2D eigenvalue weighted by molar-refractivity contribution is -0.131. The molecule has 0 fully saturated rings. The molecule has 0 heterocycles. The summed E-state index contributed by atoms with van der Waals surface area (Å²) < 4.78 is 0. The van der Waals surface area contributed by atoms with Crippen molar-refractivity contribution in [2.45, 2.75) is 0 Å². The Hall–Kier alpha value is -1.74. The summed E-state index contributed by atoms with van der Waals surface area (Å²) in [4.78, 5) is 12.5. The quantitative estimate of drug-likeness (QED) is 0.646. The van der Waals surface area contributed by atoms with E-state index < -0.39 is 5.97 Å². The van der Waals surface area contributed by atoms with E-state index in [4.69, 9.17) is 16.7 Å². The molecule has 0 aliphatic heterocycles. The number of nitrogens with zero attached hydrogens (tertiary/aromatic N) is 1. The summed E-state index contributed by atoms with van der Waals surface area (Å²) in [5.74, 6) is -0.998. The van der Waals surface area contributed by atoms with E-state index in [2.05, 4.69) is 6.58 Å². The first kappa shape index (κ1) is 13.3. The largest absolute Gasteiger partial charge is 0.478 e. The molecule has 0 saturated carbocycles. The fourth-order valence-corrected chi connectivity index (χ4v) is 1.70. The summed E-state index contributed by atoms with van der Waals surface area (Å²) in [7, 11) is 1.89. The normalized spacial score (nSPS) is 10.5. The van der Waals surface area contributed by atoms with Gasteiger partial charge in [-0.05, 0) is 18.2 Å². The van der Waals surface area contributed by atoms with Crippen LogP contribution in [0.1, 0.15) is 5.56 Å². The van der Waals surface area contributed by atoms with E-state index in [9.17, 15) is 4.79 Å². The smallest absolute Gasteiger partial charge is 0.328 e. The van der Waals surface area contributed by atoms with Crippen LogP contribution in [0.5, 0.6) is 0 Å². The van der Waals surface area contributed by atoms with Crippen LogP contribution in [-0.4, -0.2) is 24.7 Å². The lowest BCUT2D eigenvalue weighted by Gasteiger charge is -2.20. The van der Waals surface area contributed by atoms with Crippen molar-refractivity contribution in [3.8, 4) is 0 Å². The van der Waals surface area contributed by atoms with E-state index in [0.29, 0.717) is 17.1 Å². The molecule has 0 bridgehead atoms. The minimum Gasteiger partial charge on any atom is -0.478 e. The van der Waals surface area contributed by atoms with Gasteiger partial charge in [0.05, 0.1) is 0 Å². The number of halogens is 1. The highest BCUT2D eigenvalue weighted by Gasteiger charge is 2.07. The van der Waals surface area contributed by atoms with Gasteiger partial charge in [0.15, 0.2) is 0 Å². The van der Waals surface area contributed by atoms with Gasteiger partial charge in [-0.25, -0.2) is 4.79 Å². The number of hydrogen-bond acceptors (Lipinski definition) is 2. The summed E-state index contributed by atoms with van der Waals surface area (Å²) in [6, 6.07) is 5.45. The molecule has 0 aliphatic carbocycles. The predicted octanol–water partition coefficient (Wildman–Crippen LogP) is 3.06. The van der Waals surface area contributed by atoms with E-state index in [1.54, 1.807) is 12.1 Å². The first-order valence-electron chi connectivity index (χ1n) is 5.07. The van der Waals surface area contributed by atoms with Crippen LogP contribution in [0.15, 0.2) is 36.9 Å². The summed E-state index contributed by atoms with van der Waals surface area (Å²) in [5.41, 5.74) is 1.57. The number of hydrogen-bond donors (Lipinski definition) is 1. The molecule has 0 atom stereocenters. The van der Waals surface area contributed by atoms with Gasteiger partial charge in [-0.15, -0.1) is 6.58 Å². The van der Waals surface area contributed by atoms with Crippen molar-refractivity contribution in [2.75, 3.05) is 18.5 Å². The van der Waals surface area contributed by atoms with E-state index in [-0.39, 0.29) is 0 Å². The van der Waals surface area contributed by atoms with Crippen LogP contribution >= 0.6 is 11.6 Å². The lowest BCUT2D eigenvalue weighted by Crippen LogP contribution is -2.17. The third-order valence-electron chi connectivity index (χ3n) is 2.24. The molecule has 0 saturated heterocycles. The van der Waals surface area contributed by atoms with Gasteiger partial charge in [-0.3, -0.25) is 0 Å². The number of carbonyl (C=O) groups is 1. The second kappa shape index (κ2) is 6.11. The minimum absolute atomic E-state index is 0.524. The molecule has 1 N–H and O–H groups in total. The fourth-order valence-electron chi connectivity index (χ4n) is 1.47. The Morgan fingerprint density at radius 3 is 2.88 bits per heavy atom. The summed E-state index contributed by atoms with van der Waals surface area (Å²) in [5, 5.41) is 9.16. The first-order chi connectivity index (χ1) is 8.06. The molecule has 17 heavy (non-hydrogen) atoms. The Labute approximate surface area is 106 Å². The molecular weight excluding hydrogens is 238 g/mol. The van der Waals surface area contributed by atoms with E-state index in [1.807, 2.05) is 24.1 Å². The van der Waals surface area contributed by atoms with Crippen LogP contribution in [0.2, 0.25) is 5.02 Å². The molecule has 90 valence electrons. The zero-order valence-electron chi connectivity index (χ0n) is 9.56. The Balaban J connectivity index is 3.16. The molecule has 0 spiro atoms. The maximum atomic E-state index is 10.5. The highest BCUT2D eigenvalue weighted by atomic mass is 35.5. The Kier molecular flexibility index (Phi) is 4.79. The van der Waals surface area contributed by atoms with Crippen LogP contribution in [0.3, 0.4) is 0 Å². The maximum absolute atomic E-state index is 10.5. The van der Waals surface area contributed by atoms with Crippen molar-refractivity contribution in [3.63, 3.8) is 0 Å². The molecule has 0 radical (unpaired) electrons. The highest BCUT2D eigenvalue weighted by molar-refractivity contribution is 6.32.